The Morgan fingerprint density at radius 1 is 0.446 bits per heavy atom. The summed E-state index contributed by atoms with van der Waals surface area (Å²) >= 11 is 0. The van der Waals surface area contributed by atoms with E-state index in [0.29, 0.717) is 12.8 Å². The third-order valence-electron chi connectivity index (χ3n) is 10.4. The van der Waals surface area contributed by atoms with Crippen molar-refractivity contribution in [3.63, 3.8) is 0 Å². The molecule has 0 spiro atoms. The van der Waals surface area contributed by atoms with Gasteiger partial charge in [-0.25, -0.2) is 0 Å². The Labute approximate surface area is 348 Å². The van der Waals surface area contributed by atoms with Gasteiger partial charge in [-0.15, -0.1) is 0 Å². The Bertz CT molecular complexity index is 1020. The molecule has 0 aromatic rings. The van der Waals surface area contributed by atoms with E-state index in [-0.39, 0.29) is 12.5 Å². The number of aliphatic hydroxyl groups excluding tert-OH is 2. The minimum Gasteiger partial charge on any atom is -0.394 e. The number of carbonyl (C=O) groups is 1. The molecule has 0 radical (unpaired) electrons. The molecule has 0 saturated carbocycles. The zero-order chi connectivity index (χ0) is 40.7. The summed E-state index contributed by atoms with van der Waals surface area (Å²) < 4.78 is 0. The van der Waals surface area contributed by atoms with Gasteiger partial charge in [0.05, 0.1) is 18.8 Å². The lowest BCUT2D eigenvalue weighted by Gasteiger charge is -2.22. The fraction of sp³-hybridized carbons (Fsp3) is 0.712. The van der Waals surface area contributed by atoms with Crippen LogP contribution in [-0.2, 0) is 4.79 Å². The molecular weight excluding hydrogens is 687 g/mol. The Morgan fingerprint density at radius 3 is 1.18 bits per heavy atom. The van der Waals surface area contributed by atoms with Gasteiger partial charge in [0.15, 0.2) is 0 Å². The minimum absolute atomic E-state index is 0.0403. The second-order valence-electron chi connectivity index (χ2n) is 15.8. The van der Waals surface area contributed by atoms with Crippen LogP contribution < -0.4 is 5.32 Å². The van der Waals surface area contributed by atoms with E-state index in [1.807, 2.05) is 0 Å². The molecule has 0 bridgehead atoms. The summed E-state index contributed by atoms with van der Waals surface area (Å²) in [6, 6.07) is -0.534. The van der Waals surface area contributed by atoms with E-state index in [1.54, 1.807) is 0 Å². The molecule has 0 aliphatic rings. The van der Waals surface area contributed by atoms with Crippen molar-refractivity contribution >= 4 is 5.91 Å². The van der Waals surface area contributed by atoms with Crippen LogP contribution in [0.3, 0.4) is 0 Å². The SMILES string of the molecule is CC/C=C\C/C=C\C/C=C\C/C=C\C/C=C\C/C=C\C/C=C\CCCCCCCCCCCCCCCCCCCC(=O)NC(CO)C(O)CCCCCCC. The van der Waals surface area contributed by atoms with Crippen molar-refractivity contribution in [1.29, 1.82) is 0 Å². The lowest BCUT2D eigenvalue weighted by molar-refractivity contribution is -0.123. The number of nitrogens with one attached hydrogen (secondary N) is 1. The summed E-state index contributed by atoms with van der Waals surface area (Å²) in [4.78, 5) is 12.3. The van der Waals surface area contributed by atoms with Crippen LogP contribution in [0, 0.1) is 0 Å². The van der Waals surface area contributed by atoms with Gasteiger partial charge in [-0.05, 0) is 70.6 Å². The lowest BCUT2D eigenvalue weighted by atomic mass is 10.0. The molecule has 56 heavy (non-hydrogen) atoms. The summed E-state index contributed by atoms with van der Waals surface area (Å²) in [5.41, 5.74) is 0. The molecule has 0 rings (SSSR count). The largest absolute Gasteiger partial charge is 0.394 e. The van der Waals surface area contributed by atoms with Gasteiger partial charge in [0.2, 0.25) is 5.91 Å². The number of amides is 1. The van der Waals surface area contributed by atoms with Gasteiger partial charge in [0, 0.05) is 6.42 Å². The highest BCUT2D eigenvalue weighted by atomic mass is 16.3. The van der Waals surface area contributed by atoms with Crippen LogP contribution in [-0.4, -0.2) is 34.9 Å². The molecular formula is C52H91NO3. The fourth-order valence-electron chi connectivity index (χ4n) is 6.81. The lowest BCUT2D eigenvalue weighted by Crippen LogP contribution is -2.45. The van der Waals surface area contributed by atoms with Crippen molar-refractivity contribution in [3.8, 4) is 0 Å². The highest BCUT2D eigenvalue weighted by Gasteiger charge is 2.19. The molecule has 0 aromatic heterocycles. The number of rotatable bonds is 42. The Morgan fingerprint density at radius 2 is 0.786 bits per heavy atom. The third kappa shape index (κ3) is 42.7. The summed E-state index contributed by atoms with van der Waals surface area (Å²) in [6.07, 6.45) is 68.7. The van der Waals surface area contributed by atoms with Gasteiger partial charge in [-0.2, -0.15) is 0 Å². The zero-order valence-electron chi connectivity index (χ0n) is 36.9. The normalized spacial score (nSPS) is 13.7. The van der Waals surface area contributed by atoms with Crippen LogP contribution in [0.15, 0.2) is 85.1 Å². The molecule has 0 saturated heterocycles. The molecule has 2 atom stereocenters. The number of hydrogen-bond acceptors (Lipinski definition) is 3. The van der Waals surface area contributed by atoms with Crippen molar-refractivity contribution in [3.05, 3.63) is 85.1 Å². The summed E-state index contributed by atoms with van der Waals surface area (Å²) in [6.45, 7) is 4.16. The van der Waals surface area contributed by atoms with Crippen LogP contribution in [0.1, 0.15) is 219 Å². The number of unbranched alkanes of at least 4 members (excludes halogenated alkanes) is 21. The van der Waals surface area contributed by atoms with Crippen molar-refractivity contribution < 1.29 is 15.0 Å². The first-order valence-electron chi connectivity index (χ1n) is 23.8. The Kier molecular flexibility index (Phi) is 44.9. The number of aliphatic hydroxyl groups is 2. The van der Waals surface area contributed by atoms with Crippen molar-refractivity contribution in [1.82, 2.24) is 5.32 Å². The van der Waals surface area contributed by atoms with Crippen LogP contribution in [0.5, 0.6) is 0 Å². The van der Waals surface area contributed by atoms with E-state index in [0.717, 1.165) is 70.6 Å². The summed E-state index contributed by atoms with van der Waals surface area (Å²) in [5.74, 6) is -0.0403. The molecule has 1 amide bonds. The molecule has 4 heteroatoms. The standard InChI is InChI=1S/C52H91NO3/c1-3-5-7-9-10-11-12-13-14-15-16-17-18-19-20-21-22-23-24-25-26-27-28-29-30-31-32-33-34-35-36-37-38-39-40-41-42-44-46-48-52(56)53-50(49-54)51(55)47-45-43-8-6-4-2/h5,7,10-11,13-14,16-17,19-20,22-23,25-26,50-51,54-55H,3-4,6,8-9,12,15,18,21,24,27-49H2,1-2H3,(H,53,56)/b7-5-,11-10-,14-13-,17-16-,20-19-,23-22-,26-25-. The maximum absolute atomic E-state index is 12.3. The Hall–Kier alpha value is -2.43. The number of hydrogen-bond donors (Lipinski definition) is 3. The highest BCUT2D eigenvalue weighted by molar-refractivity contribution is 5.76. The van der Waals surface area contributed by atoms with Gasteiger partial charge < -0.3 is 15.5 Å². The molecule has 2 unspecified atom stereocenters. The van der Waals surface area contributed by atoms with Crippen LogP contribution in [0.2, 0.25) is 0 Å². The fourth-order valence-corrected chi connectivity index (χ4v) is 6.81. The van der Waals surface area contributed by atoms with Gasteiger partial charge in [0.25, 0.3) is 0 Å². The quantitative estimate of drug-likeness (QED) is 0.0427. The minimum atomic E-state index is -0.657. The molecule has 322 valence electrons. The van der Waals surface area contributed by atoms with Crippen LogP contribution in [0.4, 0.5) is 0 Å². The maximum atomic E-state index is 12.3. The van der Waals surface area contributed by atoms with Gasteiger partial charge in [0.1, 0.15) is 0 Å². The van der Waals surface area contributed by atoms with E-state index in [4.69, 9.17) is 0 Å². The molecule has 3 N–H and O–H groups in total. The van der Waals surface area contributed by atoms with E-state index in [1.165, 1.54) is 122 Å². The van der Waals surface area contributed by atoms with E-state index in [2.05, 4.69) is 104 Å². The first kappa shape index (κ1) is 53.6. The monoisotopic (exact) mass is 778 g/mol. The number of carbonyl (C=O) groups excluding carboxylic acids is 1. The first-order valence-corrected chi connectivity index (χ1v) is 23.8. The van der Waals surface area contributed by atoms with E-state index < -0.39 is 12.1 Å². The van der Waals surface area contributed by atoms with Crippen molar-refractivity contribution in [2.75, 3.05) is 6.61 Å². The maximum Gasteiger partial charge on any atom is 0.220 e. The highest BCUT2D eigenvalue weighted by Crippen LogP contribution is 2.15. The smallest absolute Gasteiger partial charge is 0.220 e. The molecule has 0 heterocycles. The summed E-state index contributed by atoms with van der Waals surface area (Å²) in [7, 11) is 0. The second-order valence-corrected chi connectivity index (χ2v) is 15.8. The predicted molar refractivity (Wildman–Crippen MR) is 248 cm³/mol. The Balaban J connectivity index is 3.43. The van der Waals surface area contributed by atoms with Crippen LogP contribution >= 0.6 is 0 Å². The molecule has 0 aliphatic carbocycles. The topological polar surface area (TPSA) is 69.6 Å². The number of allylic oxidation sites excluding steroid dienone is 14. The van der Waals surface area contributed by atoms with E-state index in [9.17, 15) is 15.0 Å². The summed E-state index contributed by atoms with van der Waals surface area (Å²) in [5, 5.41) is 22.8. The van der Waals surface area contributed by atoms with Crippen molar-refractivity contribution in [2.45, 2.75) is 231 Å². The molecule has 0 aromatic carbocycles. The molecule has 0 fully saturated rings. The van der Waals surface area contributed by atoms with Gasteiger partial charge in [-0.3, -0.25) is 4.79 Å². The van der Waals surface area contributed by atoms with Gasteiger partial charge in [-0.1, -0.05) is 227 Å². The zero-order valence-corrected chi connectivity index (χ0v) is 36.9. The predicted octanol–water partition coefficient (Wildman–Crippen LogP) is 15.2. The third-order valence-corrected chi connectivity index (χ3v) is 10.4. The van der Waals surface area contributed by atoms with Gasteiger partial charge >= 0.3 is 0 Å². The average Bonchev–Trinajstić information content (AvgIpc) is 3.20. The average molecular weight is 778 g/mol. The first-order chi connectivity index (χ1) is 27.7. The molecule has 0 aliphatic heterocycles. The molecule has 4 nitrogen and oxygen atoms in total. The van der Waals surface area contributed by atoms with E-state index >= 15 is 0 Å². The van der Waals surface area contributed by atoms with Crippen LogP contribution in [0.25, 0.3) is 0 Å². The van der Waals surface area contributed by atoms with Crippen molar-refractivity contribution in [2.24, 2.45) is 0 Å². The second kappa shape index (κ2) is 46.9.